The molecule has 1 N–H and O–H groups in total. The third kappa shape index (κ3) is 4.64. The number of aromatic nitrogens is 2. The number of benzene rings is 1. The molecule has 2 aromatic rings. The van der Waals surface area contributed by atoms with Crippen molar-refractivity contribution in [1.29, 1.82) is 0 Å². The lowest BCUT2D eigenvalue weighted by atomic mass is 9.88. The Hall–Kier alpha value is -2.70. The number of nitrogens with one attached hydrogen (secondary N) is 1. The molecule has 7 heteroatoms. The van der Waals surface area contributed by atoms with E-state index in [9.17, 15) is 14.9 Å². The predicted molar refractivity (Wildman–Crippen MR) is 85.9 cm³/mol. The van der Waals surface area contributed by atoms with Crippen molar-refractivity contribution >= 4 is 11.6 Å². The standard InChI is InChI=1S/C16H20N4O3/c1-12(2)15(13-6-4-3-5-7-13)9-17-16(21)11-19-10-14(8-18-19)20(22)23/h3-8,10,12,15H,9,11H2,1-2H3,(H,17,21). The number of nitro groups is 1. The van der Waals surface area contributed by atoms with E-state index in [4.69, 9.17) is 0 Å². The first-order valence-corrected chi connectivity index (χ1v) is 7.46. The summed E-state index contributed by atoms with van der Waals surface area (Å²) in [5.74, 6) is 0.375. The highest BCUT2D eigenvalue weighted by atomic mass is 16.6. The first-order chi connectivity index (χ1) is 11.0. The van der Waals surface area contributed by atoms with Crippen LogP contribution in [0.5, 0.6) is 0 Å². The number of amides is 1. The van der Waals surface area contributed by atoms with Crippen LogP contribution in [0.1, 0.15) is 25.3 Å². The van der Waals surface area contributed by atoms with Crippen LogP contribution in [0.3, 0.4) is 0 Å². The van der Waals surface area contributed by atoms with Gasteiger partial charge in [0.05, 0.1) is 4.92 Å². The Labute approximate surface area is 134 Å². The molecule has 1 aromatic heterocycles. The van der Waals surface area contributed by atoms with Gasteiger partial charge in [-0.05, 0) is 11.5 Å². The molecule has 0 aliphatic heterocycles. The van der Waals surface area contributed by atoms with Gasteiger partial charge >= 0.3 is 5.69 Å². The zero-order valence-corrected chi connectivity index (χ0v) is 13.2. The van der Waals surface area contributed by atoms with Gasteiger partial charge in [0.15, 0.2) is 0 Å². The molecule has 1 heterocycles. The van der Waals surface area contributed by atoms with Crippen LogP contribution in [-0.4, -0.2) is 27.2 Å². The fourth-order valence-electron chi connectivity index (χ4n) is 2.40. The van der Waals surface area contributed by atoms with E-state index in [1.165, 1.54) is 16.4 Å². The van der Waals surface area contributed by atoms with Crippen molar-refractivity contribution < 1.29 is 9.72 Å². The SMILES string of the molecule is CC(C)C(CNC(=O)Cn1cc([N+](=O)[O-])cn1)c1ccccc1. The van der Waals surface area contributed by atoms with Gasteiger partial charge in [0, 0.05) is 12.5 Å². The highest BCUT2D eigenvalue weighted by Gasteiger charge is 2.17. The van der Waals surface area contributed by atoms with Crippen LogP contribution >= 0.6 is 0 Å². The van der Waals surface area contributed by atoms with Crippen LogP contribution < -0.4 is 5.32 Å². The quantitative estimate of drug-likeness (QED) is 0.627. The smallest absolute Gasteiger partial charge is 0.307 e. The van der Waals surface area contributed by atoms with E-state index in [1.54, 1.807) is 0 Å². The molecule has 0 radical (unpaired) electrons. The first kappa shape index (κ1) is 16.7. The monoisotopic (exact) mass is 316 g/mol. The largest absolute Gasteiger partial charge is 0.354 e. The number of carbonyl (C=O) groups is 1. The Morgan fingerprint density at radius 2 is 2.04 bits per heavy atom. The van der Waals surface area contributed by atoms with E-state index in [0.717, 1.165) is 6.20 Å². The van der Waals surface area contributed by atoms with Crippen molar-refractivity contribution in [3.05, 3.63) is 58.4 Å². The van der Waals surface area contributed by atoms with Crippen molar-refractivity contribution in [2.45, 2.75) is 26.3 Å². The highest BCUT2D eigenvalue weighted by molar-refractivity contribution is 5.75. The second kappa shape index (κ2) is 7.53. The fourth-order valence-corrected chi connectivity index (χ4v) is 2.40. The van der Waals surface area contributed by atoms with Gasteiger partial charge in [-0.2, -0.15) is 5.10 Å². The number of rotatable bonds is 7. The second-order valence-corrected chi connectivity index (χ2v) is 5.72. The summed E-state index contributed by atoms with van der Waals surface area (Å²) in [7, 11) is 0. The second-order valence-electron chi connectivity index (χ2n) is 5.72. The zero-order valence-electron chi connectivity index (χ0n) is 13.2. The Kier molecular flexibility index (Phi) is 5.46. The third-order valence-corrected chi connectivity index (χ3v) is 3.69. The zero-order chi connectivity index (χ0) is 16.8. The van der Waals surface area contributed by atoms with Crippen LogP contribution in [0.15, 0.2) is 42.7 Å². The molecule has 23 heavy (non-hydrogen) atoms. The Morgan fingerprint density at radius 1 is 1.35 bits per heavy atom. The van der Waals surface area contributed by atoms with E-state index in [2.05, 4.69) is 24.3 Å². The van der Waals surface area contributed by atoms with Crippen LogP contribution in [0.25, 0.3) is 0 Å². The molecule has 0 saturated carbocycles. The van der Waals surface area contributed by atoms with Crippen LogP contribution in [-0.2, 0) is 11.3 Å². The number of carbonyl (C=O) groups excluding carboxylic acids is 1. The van der Waals surface area contributed by atoms with Crippen LogP contribution in [0, 0.1) is 16.0 Å². The van der Waals surface area contributed by atoms with E-state index < -0.39 is 4.92 Å². The number of hydrogen-bond acceptors (Lipinski definition) is 4. The van der Waals surface area contributed by atoms with Gasteiger partial charge in [-0.1, -0.05) is 44.2 Å². The molecule has 1 unspecified atom stereocenters. The summed E-state index contributed by atoms with van der Waals surface area (Å²) >= 11 is 0. The van der Waals surface area contributed by atoms with Crippen molar-refractivity contribution in [1.82, 2.24) is 15.1 Å². The Morgan fingerprint density at radius 3 is 2.61 bits per heavy atom. The van der Waals surface area contributed by atoms with Gasteiger partial charge < -0.3 is 5.32 Å². The summed E-state index contributed by atoms with van der Waals surface area (Å²) in [5, 5.41) is 17.3. The van der Waals surface area contributed by atoms with Gasteiger partial charge in [-0.15, -0.1) is 0 Å². The minimum absolute atomic E-state index is 0.0343. The van der Waals surface area contributed by atoms with Crippen LogP contribution in [0.4, 0.5) is 5.69 Å². The molecular formula is C16H20N4O3. The minimum Gasteiger partial charge on any atom is -0.354 e. The highest BCUT2D eigenvalue weighted by Crippen LogP contribution is 2.23. The molecule has 0 fully saturated rings. The van der Waals surface area contributed by atoms with Crippen LogP contribution in [0.2, 0.25) is 0 Å². The number of hydrogen-bond donors (Lipinski definition) is 1. The molecule has 1 amide bonds. The van der Waals surface area contributed by atoms with Gasteiger partial charge in [0.25, 0.3) is 0 Å². The maximum absolute atomic E-state index is 12.0. The maximum Gasteiger partial charge on any atom is 0.307 e. The summed E-state index contributed by atoms with van der Waals surface area (Å²) in [6.45, 7) is 4.71. The fraction of sp³-hybridized carbons (Fsp3) is 0.375. The van der Waals surface area contributed by atoms with Gasteiger partial charge in [-0.3, -0.25) is 19.6 Å². The molecule has 1 aromatic carbocycles. The molecule has 0 bridgehead atoms. The van der Waals surface area contributed by atoms with Crippen molar-refractivity contribution in [2.75, 3.05) is 6.54 Å². The van der Waals surface area contributed by atoms with Gasteiger partial charge in [-0.25, -0.2) is 0 Å². The average molecular weight is 316 g/mol. The molecule has 2 rings (SSSR count). The summed E-state index contributed by atoms with van der Waals surface area (Å²) in [6.07, 6.45) is 2.38. The maximum atomic E-state index is 12.0. The lowest BCUT2D eigenvalue weighted by Crippen LogP contribution is -2.33. The lowest BCUT2D eigenvalue weighted by molar-refractivity contribution is -0.385. The Balaban J connectivity index is 1.92. The van der Waals surface area contributed by atoms with Crippen molar-refractivity contribution in [3.8, 4) is 0 Å². The van der Waals surface area contributed by atoms with Gasteiger partial charge in [0.2, 0.25) is 5.91 Å². The summed E-state index contributed by atoms with van der Waals surface area (Å²) in [6, 6.07) is 10.0. The average Bonchev–Trinajstić information content (AvgIpc) is 2.97. The Bertz CT molecular complexity index is 667. The first-order valence-electron chi connectivity index (χ1n) is 7.46. The predicted octanol–water partition coefficient (Wildman–Crippen LogP) is 2.35. The molecule has 122 valence electrons. The number of nitrogens with zero attached hydrogens (tertiary/aromatic N) is 3. The summed E-state index contributed by atoms with van der Waals surface area (Å²) in [4.78, 5) is 22.1. The summed E-state index contributed by atoms with van der Waals surface area (Å²) < 4.78 is 1.26. The molecule has 1 atom stereocenters. The molecule has 0 saturated heterocycles. The topological polar surface area (TPSA) is 90.1 Å². The molecule has 0 spiro atoms. The lowest BCUT2D eigenvalue weighted by Gasteiger charge is -2.21. The van der Waals surface area contributed by atoms with E-state index in [1.807, 2.05) is 30.3 Å². The molecular weight excluding hydrogens is 296 g/mol. The molecule has 0 aliphatic rings. The van der Waals surface area contributed by atoms with Crippen molar-refractivity contribution in [2.24, 2.45) is 5.92 Å². The summed E-state index contributed by atoms with van der Waals surface area (Å²) in [5.41, 5.74) is 1.06. The third-order valence-electron chi connectivity index (χ3n) is 3.69. The van der Waals surface area contributed by atoms with E-state index in [-0.39, 0.29) is 24.1 Å². The van der Waals surface area contributed by atoms with E-state index >= 15 is 0 Å². The molecule has 0 aliphatic carbocycles. The minimum atomic E-state index is -0.536. The molecule has 7 nitrogen and oxygen atoms in total. The van der Waals surface area contributed by atoms with Crippen molar-refractivity contribution in [3.63, 3.8) is 0 Å². The van der Waals surface area contributed by atoms with E-state index in [0.29, 0.717) is 12.5 Å². The van der Waals surface area contributed by atoms with Gasteiger partial charge in [0.1, 0.15) is 18.9 Å². The normalized spacial score (nSPS) is 12.1.